The lowest BCUT2D eigenvalue weighted by Crippen LogP contribution is -2.26. The van der Waals surface area contributed by atoms with E-state index in [9.17, 15) is 21.2 Å². The standard InChI is InChI=1S/C21H20FN3O4S3/c1-2-31(26,27)24-17-9-5-15(6-10-17)19-14-20(21-4-3-13-30-21)25(23-19)32(28,29)18-11-7-16(22)8-12-18/h3-13,20,24H,2,14H2,1H3/t20-/m1/s1. The summed E-state index contributed by atoms with van der Waals surface area (Å²) in [5, 5.41) is 6.29. The van der Waals surface area contributed by atoms with Gasteiger partial charge in [-0.3, -0.25) is 4.72 Å². The average molecular weight is 494 g/mol. The SMILES string of the molecule is CCS(=O)(=O)Nc1ccc(C2=NN(S(=O)(=O)c3ccc(F)cc3)[C@@H](c3cccs3)C2)cc1. The van der Waals surface area contributed by atoms with Crippen LogP contribution in [0.2, 0.25) is 0 Å². The molecule has 0 aliphatic carbocycles. The molecule has 3 aromatic rings. The van der Waals surface area contributed by atoms with Gasteiger partial charge < -0.3 is 0 Å². The maximum Gasteiger partial charge on any atom is 0.279 e. The van der Waals surface area contributed by atoms with Crippen LogP contribution in [0.25, 0.3) is 0 Å². The van der Waals surface area contributed by atoms with Crippen molar-refractivity contribution < 1.29 is 21.2 Å². The first-order chi connectivity index (χ1) is 15.2. The van der Waals surface area contributed by atoms with Crippen LogP contribution in [-0.4, -0.2) is 32.7 Å². The first-order valence-corrected chi connectivity index (χ1v) is 13.7. The summed E-state index contributed by atoms with van der Waals surface area (Å²) in [6.45, 7) is 1.55. The molecule has 1 aromatic heterocycles. The molecule has 2 heterocycles. The van der Waals surface area contributed by atoms with Crippen LogP contribution in [0.1, 0.15) is 29.8 Å². The minimum Gasteiger partial charge on any atom is -0.284 e. The molecule has 0 amide bonds. The highest BCUT2D eigenvalue weighted by atomic mass is 32.2. The topological polar surface area (TPSA) is 95.9 Å². The van der Waals surface area contributed by atoms with Gasteiger partial charge in [-0.1, -0.05) is 18.2 Å². The fourth-order valence-electron chi connectivity index (χ4n) is 3.27. The van der Waals surface area contributed by atoms with Crippen LogP contribution < -0.4 is 4.72 Å². The molecule has 1 aliphatic rings. The van der Waals surface area contributed by atoms with Gasteiger partial charge in [0.2, 0.25) is 10.0 Å². The summed E-state index contributed by atoms with van der Waals surface area (Å²) >= 11 is 1.43. The number of hydrogen-bond donors (Lipinski definition) is 1. The van der Waals surface area contributed by atoms with E-state index in [-0.39, 0.29) is 10.6 Å². The van der Waals surface area contributed by atoms with Crippen molar-refractivity contribution in [2.24, 2.45) is 5.10 Å². The van der Waals surface area contributed by atoms with Crippen LogP contribution in [0.4, 0.5) is 10.1 Å². The number of hydrogen-bond acceptors (Lipinski definition) is 6. The van der Waals surface area contributed by atoms with E-state index in [1.54, 1.807) is 31.2 Å². The Morgan fingerprint density at radius 1 is 1.06 bits per heavy atom. The van der Waals surface area contributed by atoms with Crippen molar-refractivity contribution in [3.05, 3.63) is 82.3 Å². The van der Waals surface area contributed by atoms with Gasteiger partial charge in [-0.15, -0.1) is 11.3 Å². The number of benzene rings is 2. The van der Waals surface area contributed by atoms with Crippen LogP contribution in [-0.2, 0) is 20.0 Å². The second-order valence-corrected chi connectivity index (χ2v) is 11.9. The number of halogens is 1. The zero-order chi connectivity index (χ0) is 22.9. The second kappa shape index (κ2) is 8.64. The minimum absolute atomic E-state index is 0.0415. The monoisotopic (exact) mass is 493 g/mol. The summed E-state index contributed by atoms with van der Waals surface area (Å²) in [7, 11) is -7.41. The summed E-state index contributed by atoms with van der Waals surface area (Å²) < 4.78 is 67.0. The third-order valence-corrected chi connectivity index (χ3v) is 8.95. The molecular weight excluding hydrogens is 473 g/mol. The van der Waals surface area contributed by atoms with Gasteiger partial charge in [-0.05, 0) is 60.3 Å². The highest BCUT2D eigenvalue weighted by Gasteiger charge is 2.38. The predicted molar refractivity (Wildman–Crippen MR) is 123 cm³/mol. The molecule has 4 rings (SSSR count). The molecule has 0 spiro atoms. The number of thiophene rings is 1. The Hall–Kier alpha value is -2.76. The highest BCUT2D eigenvalue weighted by molar-refractivity contribution is 7.92. The van der Waals surface area contributed by atoms with Gasteiger partial charge in [-0.25, -0.2) is 12.8 Å². The Morgan fingerprint density at radius 3 is 2.34 bits per heavy atom. The lowest BCUT2D eigenvalue weighted by Gasteiger charge is -2.22. The Morgan fingerprint density at radius 2 is 1.75 bits per heavy atom. The lowest BCUT2D eigenvalue weighted by molar-refractivity contribution is 0.375. The summed E-state index contributed by atoms with van der Waals surface area (Å²) in [5.41, 5.74) is 1.65. The third kappa shape index (κ3) is 4.54. The number of rotatable bonds is 7. The fraction of sp³-hybridized carbons (Fsp3) is 0.190. The van der Waals surface area contributed by atoms with E-state index >= 15 is 0 Å². The molecule has 32 heavy (non-hydrogen) atoms. The van der Waals surface area contributed by atoms with Gasteiger partial charge in [0.1, 0.15) is 11.9 Å². The van der Waals surface area contributed by atoms with E-state index in [0.717, 1.165) is 21.4 Å². The fourth-order valence-corrected chi connectivity index (χ4v) is 6.22. The molecule has 0 saturated heterocycles. The predicted octanol–water partition coefficient (Wildman–Crippen LogP) is 4.19. The van der Waals surface area contributed by atoms with Crippen molar-refractivity contribution in [3.8, 4) is 0 Å². The molecule has 7 nitrogen and oxygen atoms in total. The van der Waals surface area contributed by atoms with Gasteiger partial charge in [0.05, 0.1) is 16.4 Å². The number of anilines is 1. The maximum atomic E-state index is 13.3. The Labute approximate surface area is 190 Å². The molecule has 11 heteroatoms. The van der Waals surface area contributed by atoms with Crippen LogP contribution >= 0.6 is 11.3 Å². The van der Waals surface area contributed by atoms with E-state index in [1.165, 1.54) is 23.5 Å². The average Bonchev–Trinajstić information content (AvgIpc) is 3.45. The van der Waals surface area contributed by atoms with Gasteiger partial charge >= 0.3 is 0 Å². The first-order valence-electron chi connectivity index (χ1n) is 9.71. The number of hydrazone groups is 1. The summed E-state index contributed by atoms with van der Waals surface area (Å²) in [6, 6.07) is 14.4. The minimum atomic E-state index is -4.01. The smallest absolute Gasteiger partial charge is 0.279 e. The van der Waals surface area contributed by atoms with Gasteiger partial charge in [0.15, 0.2) is 0 Å². The molecule has 1 atom stereocenters. The molecule has 0 fully saturated rings. The van der Waals surface area contributed by atoms with Crippen molar-refractivity contribution in [2.75, 3.05) is 10.5 Å². The van der Waals surface area contributed by atoms with Crippen molar-refractivity contribution in [1.82, 2.24) is 4.41 Å². The lowest BCUT2D eigenvalue weighted by atomic mass is 10.0. The maximum absolute atomic E-state index is 13.3. The molecule has 0 saturated carbocycles. The molecular formula is C21H20FN3O4S3. The van der Waals surface area contributed by atoms with Crippen LogP contribution in [0.3, 0.4) is 0 Å². The van der Waals surface area contributed by atoms with Gasteiger partial charge in [0.25, 0.3) is 10.0 Å². The van der Waals surface area contributed by atoms with E-state index < -0.39 is 31.9 Å². The molecule has 0 unspecified atom stereocenters. The second-order valence-electron chi connectivity index (χ2n) is 7.10. The molecule has 0 radical (unpaired) electrons. The van der Waals surface area contributed by atoms with E-state index in [4.69, 9.17) is 0 Å². The van der Waals surface area contributed by atoms with Crippen molar-refractivity contribution in [3.63, 3.8) is 0 Å². The molecule has 168 valence electrons. The number of nitrogens with zero attached hydrogens (tertiary/aromatic N) is 2. The quantitative estimate of drug-likeness (QED) is 0.534. The van der Waals surface area contributed by atoms with Gasteiger partial charge in [0, 0.05) is 17.0 Å². The number of sulfonamides is 2. The van der Waals surface area contributed by atoms with E-state index in [1.807, 2.05) is 17.5 Å². The normalized spacial score (nSPS) is 16.8. The Bertz CT molecular complexity index is 1340. The van der Waals surface area contributed by atoms with E-state index in [0.29, 0.717) is 23.4 Å². The molecule has 2 aromatic carbocycles. The largest absolute Gasteiger partial charge is 0.284 e. The van der Waals surface area contributed by atoms with Crippen molar-refractivity contribution in [2.45, 2.75) is 24.3 Å². The number of nitrogens with one attached hydrogen (secondary N) is 1. The van der Waals surface area contributed by atoms with Gasteiger partial charge in [-0.2, -0.15) is 17.9 Å². The first kappa shape index (κ1) is 22.4. The highest BCUT2D eigenvalue weighted by Crippen LogP contribution is 2.39. The van der Waals surface area contributed by atoms with E-state index in [2.05, 4.69) is 9.82 Å². The molecule has 0 bridgehead atoms. The summed E-state index contributed by atoms with van der Waals surface area (Å²) in [6.07, 6.45) is 0.348. The zero-order valence-electron chi connectivity index (χ0n) is 17.0. The van der Waals surface area contributed by atoms with Crippen LogP contribution in [0, 0.1) is 5.82 Å². The van der Waals surface area contributed by atoms with Crippen LogP contribution in [0.5, 0.6) is 0 Å². The van der Waals surface area contributed by atoms with Crippen LogP contribution in [0.15, 0.2) is 76.0 Å². The summed E-state index contributed by atoms with van der Waals surface area (Å²) in [4.78, 5) is 0.788. The van der Waals surface area contributed by atoms with Crippen molar-refractivity contribution >= 4 is 42.8 Å². The molecule has 1 aliphatic heterocycles. The Kier molecular flexibility index (Phi) is 6.06. The zero-order valence-corrected chi connectivity index (χ0v) is 19.4. The third-order valence-electron chi connectivity index (χ3n) is 4.97. The summed E-state index contributed by atoms with van der Waals surface area (Å²) in [5.74, 6) is -0.566. The molecule has 1 N–H and O–H groups in total. The Balaban J connectivity index is 1.69. The van der Waals surface area contributed by atoms with Crippen molar-refractivity contribution in [1.29, 1.82) is 0 Å².